The highest BCUT2D eigenvalue weighted by molar-refractivity contribution is 7.80. The Bertz CT molecular complexity index is 1060. The lowest BCUT2D eigenvalue weighted by Crippen LogP contribution is -2.40. The molecular formula is C22H27N3O5S. The van der Waals surface area contributed by atoms with E-state index in [0.717, 1.165) is 17.6 Å². The number of aromatic amines is 1. The van der Waals surface area contributed by atoms with Gasteiger partial charge in [-0.25, -0.2) is 0 Å². The van der Waals surface area contributed by atoms with Crippen molar-refractivity contribution in [3.8, 4) is 11.5 Å². The van der Waals surface area contributed by atoms with E-state index in [1.807, 2.05) is 29.2 Å². The lowest BCUT2D eigenvalue weighted by atomic mass is 10.1. The number of benzene rings is 1. The van der Waals surface area contributed by atoms with Crippen LogP contribution in [0.3, 0.4) is 0 Å². The molecular weight excluding hydrogens is 418 g/mol. The average molecular weight is 446 g/mol. The van der Waals surface area contributed by atoms with E-state index < -0.39 is 0 Å². The number of H-pyrrole nitrogens is 1. The van der Waals surface area contributed by atoms with Gasteiger partial charge in [-0.05, 0) is 42.9 Å². The van der Waals surface area contributed by atoms with E-state index in [1.165, 1.54) is 0 Å². The number of furan rings is 1. The molecule has 0 aliphatic heterocycles. The van der Waals surface area contributed by atoms with Crippen LogP contribution in [0.5, 0.6) is 11.5 Å². The minimum atomic E-state index is -0.189. The molecule has 8 nitrogen and oxygen atoms in total. The van der Waals surface area contributed by atoms with Gasteiger partial charge in [-0.2, -0.15) is 0 Å². The van der Waals surface area contributed by atoms with Crippen LogP contribution in [0.15, 0.2) is 45.8 Å². The van der Waals surface area contributed by atoms with Gasteiger partial charge in [0.2, 0.25) is 0 Å². The number of pyridine rings is 1. The number of thiocarbonyl (C=S) groups is 1. The van der Waals surface area contributed by atoms with E-state index in [1.54, 1.807) is 33.7 Å². The topological polar surface area (TPSA) is 89.0 Å². The first-order valence-corrected chi connectivity index (χ1v) is 10.3. The average Bonchev–Trinajstić information content (AvgIpc) is 3.29. The molecule has 0 aliphatic rings. The first-order chi connectivity index (χ1) is 15.0. The maximum atomic E-state index is 12.8. The monoisotopic (exact) mass is 445 g/mol. The van der Waals surface area contributed by atoms with Crippen LogP contribution in [0.2, 0.25) is 0 Å². The molecule has 0 unspecified atom stereocenters. The van der Waals surface area contributed by atoms with E-state index in [-0.39, 0.29) is 5.56 Å². The summed E-state index contributed by atoms with van der Waals surface area (Å²) >= 11 is 5.59. The Balaban J connectivity index is 1.87. The van der Waals surface area contributed by atoms with E-state index in [2.05, 4.69) is 10.3 Å². The standard InChI is InChI=1S/C22H27N3O5S/c1-27-8-5-7-23-22(31)25(14-17-6-4-9-30-17)13-16-10-15-11-19(28-2)20(29-3)12-18(15)24-21(16)26/h4,6,9-12H,5,7-8,13-14H2,1-3H3,(H,23,31)(H,24,26). The summed E-state index contributed by atoms with van der Waals surface area (Å²) in [4.78, 5) is 17.6. The zero-order valence-corrected chi connectivity index (χ0v) is 18.7. The van der Waals surface area contributed by atoms with Crippen LogP contribution in [-0.2, 0) is 17.8 Å². The highest BCUT2D eigenvalue weighted by atomic mass is 32.1. The van der Waals surface area contributed by atoms with Crippen molar-refractivity contribution in [2.75, 3.05) is 34.5 Å². The van der Waals surface area contributed by atoms with Gasteiger partial charge in [-0.3, -0.25) is 4.79 Å². The maximum absolute atomic E-state index is 12.8. The highest BCUT2D eigenvalue weighted by Gasteiger charge is 2.16. The molecule has 31 heavy (non-hydrogen) atoms. The Morgan fingerprint density at radius 3 is 2.61 bits per heavy atom. The molecule has 9 heteroatoms. The van der Waals surface area contributed by atoms with Crippen LogP contribution in [0.1, 0.15) is 17.7 Å². The van der Waals surface area contributed by atoms with Crippen molar-refractivity contribution < 1.29 is 18.6 Å². The Morgan fingerprint density at radius 1 is 1.16 bits per heavy atom. The summed E-state index contributed by atoms with van der Waals surface area (Å²) in [5.41, 5.74) is 1.06. The quantitative estimate of drug-likeness (QED) is 0.364. The second-order valence-corrected chi connectivity index (χ2v) is 7.32. The molecule has 166 valence electrons. The van der Waals surface area contributed by atoms with Crippen molar-refractivity contribution >= 4 is 28.2 Å². The summed E-state index contributed by atoms with van der Waals surface area (Å²) in [5, 5.41) is 4.61. The Morgan fingerprint density at radius 2 is 1.94 bits per heavy atom. The number of nitrogens with one attached hydrogen (secondary N) is 2. The summed E-state index contributed by atoms with van der Waals surface area (Å²) in [6, 6.07) is 9.14. The molecule has 0 aliphatic carbocycles. The molecule has 2 N–H and O–H groups in total. The fourth-order valence-corrected chi connectivity index (χ4v) is 3.45. The molecule has 0 amide bonds. The minimum absolute atomic E-state index is 0.189. The molecule has 0 spiro atoms. The molecule has 2 heterocycles. The number of methoxy groups -OCH3 is 3. The van der Waals surface area contributed by atoms with Gasteiger partial charge in [0.1, 0.15) is 5.76 Å². The third-order valence-electron chi connectivity index (χ3n) is 4.80. The fourth-order valence-electron chi connectivity index (χ4n) is 3.22. The van der Waals surface area contributed by atoms with Crippen molar-refractivity contribution in [2.45, 2.75) is 19.5 Å². The Hall–Kier alpha value is -3.04. The smallest absolute Gasteiger partial charge is 0.253 e. The second kappa shape index (κ2) is 10.8. The van der Waals surface area contributed by atoms with Gasteiger partial charge >= 0.3 is 0 Å². The third-order valence-corrected chi connectivity index (χ3v) is 5.20. The zero-order chi connectivity index (χ0) is 22.2. The number of nitrogens with zero attached hydrogens (tertiary/aromatic N) is 1. The molecule has 0 bridgehead atoms. The van der Waals surface area contributed by atoms with E-state index in [9.17, 15) is 4.79 Å². The number of aromatic nitrogens is 1. The van der Waals surface area contributed by atoms with Gasteiger partial charge in [0.05, 0.1) is 39.1 Å². The van der Waals surface area contributed by atoms with Crippen LogP contribution in [0.25, 0.3) is 10.9 Å². The van der Waals surface area contributed by atoms with Gasteiger partial charge < -0.3 is 33.8 Å². The summed E-state index contributed by atoms with van der Waals surface area (Å²) in [5.74, 6) is 1.90. The van der Waals surface area contributed by atoms with Crippen LogP contribution in [0, 0.1) is 0 Å². The molecule has 1 aromatic carbocycles. The van der Waals surface area contributed by atoms with Crippen LogP contribution in [-0.4, -0.2) is 49.5 Å². The Labute approximate surface area is 186 Å². The molecule has 0 fully saturated rings. The lowest BCUT2D eigenvalue weighted by molar-refractivity contribution is 0.195. The van der Waals surface area contributed by atoms with Crippen molar-refractivity contribution in [2.24, 2.45) is 0 Å². The molecule has 2 aromatic heterocycles. The van der Waals surface area contributed by atoms with Gasteiger partial charge in [0.15, 0.2) is 16.6 Å². The molecule has 3 rings (SSSR count). The molecule has 0 saturated carbocycles. The summed E-state index contributed by atoms with van der Waals surface area (Å²) in [6.07, 6.45) is 2.44. The van der Waals surface area contributed by atoms with Crippen molar-refractivity contribution in [1.29, 1.82) is 0 Å². The van der Waals surface area contributed by atoms with Crippen molar-refractivity contribution in [3.63, 3.8) is 0 Å². The maximum Gasteiger partial charge on any atom is 0.253 e. The second-order valence-electron chi connectivity index (χ2n) is 6.93. The molecule has 3 aromatic rings. The van der Waals surface area contributed by atoms with Gasteiger partial charge in [0, 0.05) is 37.3 Å². The largest absolute Gasteiger partial charge is 0.493 e. The number of hydrogen-bond acceptors (Lipinski definition) is 6. The Kier molecular flexibility index (Phi) is 7.91. The van der Waals surface area contributed by atoms with Gasteiger partial charge in [-0.15, -0.1) is 0 Å². The number of rotatable bonds is 10. The van der Waals surface area contributed by atoms with E-state index in [4.69, 9.17) is 30.8 Å². The molecule has 0 saturated heterocycles. The predicted molar refractivity (Wildman–Crippen MR) is 123 cm³/mol. The van der Waals surface area contributed by atoms with Gasteiger partial charge in [-0.1, -0.05) is 0 Å². The minimum Gasteiger partial charge on any atom is -0.493 e. The van der Waals surface area contributed by atoms with Crippen molar-refractivity contribution in [1.82, 2.24) is 15.2 Å². The van der Waals surface area contributed by atoms with E-state index >= 15 is 0 Å². The van der Waals surface area contributed by atoms with Crippen LogP contribution >= 0.6 is 12.2 Å². The van der Waals surface area contributed by atoms with Gasteiger partial charge in [0.25, 0.3) is 5.56 Å². The first kappa shape index (κ1) is 22.6. The number of ether oxygens (including phenoxy) is 3. The summed E-state index contributed by atoms with van der Waals surface area (Å²) in [7, 11) is 4.80. The third kappa shape index (κ3) is 5.77. The first-order valence-electron chi connectivity index (χ1n) is 9.87. The highest BCUT2D eigenvalue weighted by Crippen LogP contribution is 2.31. The number of fused-ring (bicyclic) bond motifs is 1. The summed E-state index contributed by atoms with van der Waals surface area (Å²) < 4.78 is 21.3. The molecule has 0 radical (unpaired) electrons. The SMILES string of the molecule is COCCCNC(=S)N(Cc1ccco1)Cc1cc2cc(OC)c(OC)cc2[nH]c1=O. The van der Waals surface area contributed by atoms with Crippen LogP contribution in [0.4, 0.5) is 0 Å². The van der Waals surface area contributed by atoms with E-state index in [0.29, 0.717) is 53.9 Å². The zero-order valence-electron chi connectivity index (χ0n) is 17.9. The molecule has 0 atom stereocenters. The normalized spacial score (nSPS) is 10.8. The lowest BCUT2D eigenvalue weighted by Gasteiger charge is -2.25. The predicted octanol–water partition coefficient (Wildman–Crippen LogP) is 3.05. The summed E-state index contributed by atoms with van der Waals surface area (Å²) in [6.45, 7) is 2.07. The number of hydrogen-bond donors (Lipinski definition) is 2. The van der Waals surface area contributed by atoms with Crippen LogP contribution < -0.4 is 20.3 Å². The fraction of sp³-hybridized carbons (Fsp3) is 0.364. The van der Waals surface area contributed by atoms with Crippen molar-refractivity contribution in [3.05, 3.63) is 58.3 Å².